The van der Waals surface area contributed by atoms with Crippen molar-refractivity contribution >= 4 is 11.4 Å². The van der Waals surface area contributed by atoms with Gasteiger partial charge in [0.05, 0.1) is 17.5 Å². The first-order valence-electron chi connectivity index (χ1n) is 7.18. The molecule has 21 heavy (non-hydrogen) atoms. The Kier molecular flexibility index (Phi) is 2.64. The van der Waals surface area contributed by atoms with Gasteiger partial charge in [-0.1, -0.05) is 37.3 Å². The zero-order valence-corrected chi connectivity index (χ0v) is 11.8. The molecular weight excluding hydrogens is 262 g/mol. The van der Waals surface area contributed by atoms with Gasteiger partial charge in [0.25, 0.3) is 0 Å². The number of aromatic nitrogens is 3. The third-order valence-electron chi connectivity index (χ3n) is 4.03. The second-order valence-electron chi connectivity index (χ2n) is 5.73. The number of hydrogen-bond donors (Lipinski definition) is 0. The van der Waals surface area contributed by atoms with E-state index in [9.17, 15) is 4.79 Å². The van der Waals surface area contributed by atoms with Crippen LogP contribution in [0.5, 0.6) is 0 Å². The Labute approximate surface area is 122 Å². The highest BCUT2D eigenvalue weighted by Crippen LogP contribution is 2.28. The van der Waals surface area contributed by atoms with Gasteiger partial charge in [0, 0.05) is 18.2 Å². The van der Waals surface area contributed by atoms with Gasteiger partial charge in [-0.15, -0.1) is 0 Å². The van der Waals surface area contributed by atoms with Crippen molar-refractivity contribution < 1.29 is 4.79 Å². The molecule has 1 atom stereocenters. The maximum atomic E-state index is 12.1. The van der Waals surface area contributed by atoms with E-state index < -0.39 is 0 Å². The molecular formula is C17H15N3O. The smallest absolute Gasteiger partial charge is 0.166 e. The van der Waals surface area contributed by atoms with E-state index in [1.54, 1.807) is 4.52 Å². The second kappa shape index (κ2) is 4.52. The summed E-state index contributed by atoms with van der Waals surface area (Å²) in [6.07, 6.45) is 5.11. The molecule has 3 aromatic rings. The van der Waals surface area contributed by atoms with Crippen molar-refractivity contribution in [2.75, 3.05) is 0 Å². The Balaban J connectivity index is 1.93. The van der Waals surface area contributed by atoms with Crippen molar-refractivity contribution in [1.29, 1.82) is 0 Å². The predicted molar refractivity (Wildman–Crippen MR) is 80.2 cm³/mol. The van der Waals surface area contributed by atoms with Gasteiger partial charge in [0.2, 0.25) is 0 Å². The van der Waals surface area contributed by atoms with Gasteiger partial charge in [-0.25, -0.2) is 9.50 Å². The number of ketones is 1. The molecule has 2 aromatic heterocycles. The average molecular weight is 277 g/mol. The summed E-state index contributed by atoms with van der Waals surface area (Å²) in [6, 6.07) is 10.1. The van der Waals surface area contributed by atoms with E-state index in [1.165, 1.54) is 0 Å². The summed E-state index contributed by atoms with van der Waals surface area (Å²) in [5.41, 5.74) is 4.55. The highest BCUT2D eigenvalue weighted by atomic mass is 16.1. The lowest BCUT2D eigenvalue weighted by molar-refractivity contribution is 0.0951. The molecule has 0 radical (unpaired) electrons. The molecule has 1 aliphatic carbocycles. The highest BCUT2D eigenvalue weighted by Gasteiger charge is 2.25. The number of fused-ring (bicyclic) bond motifs is 2. The second-order valence-corrected chi connectivity index (χ2v) is 5.73. The Morgan fingerprint density at radius 3 is 2.76 bits per heavy atom. The predicted octanol–water partition coefficient (Wildman–Crippen LogP) is 3.16. The van der Waals surface area contributed by atoms with Crippen LogP contribution in [0.2, 0.25) is 0 Å². The molecule has 0 N–H and O–H groups in total. The van der Waals surface area contributed by atoms with Gasteiger partial charge in [-0.3, -0.25) is 4.79 Å². The van der Waals surface area contributed by atoms with Gasteiger partial charge >= 0.3 is 0 Å². The topological polar surface area (TPSA) is 47.3 Å². The monoisotopic (exact) mass is 277 g/mol. The van der Waals surface area contributed by atoms with Crippen LogP contribution < -0.4 is 0 Å². The molecule has 4 nitrogen and oxygen atoms in total. The molecule has 0 bridgehead atoms. The van der Waals surface area contributed by atoms with Crippen LogP contribution in [0.1, 0.15) is 29.4 Å². The number of rotatable bonds is 1. The van der Waals surface area contributed by atoms with Crippen molar-refractivity contribution in [2.24, 2.45) is 5.92 Å². The standard InChI is InChI=1S/C17H15N3O/c1-11-7-15-14(16(21)8-11)10-20-17(19-15)13(9-18-20)12-5-3-2-4-6-12/h2-6,9-11H,7-8H2,1H3. The van der Waals surface area contributed by atoms with Crippen molar-refractivity contribution in [3.63, 3.8) is 0 Å². The Hall–Kier alpha value is -2.49. The molecule has 0 fully saturated rings. The third-order valence-corrected chi connectivity index (χ3v) is 4.03. The van der Waals surface area contributed by atoms with E-state index in [0.717, 1.165) is 34.5 Å². The summed E-state index contributed by atoms with van der Waals surface area (Å²) in [4.78, 5) is 16.9. The number of carbonyl (C=O) groups is 1. The molecule has 0 spiro atoms. The third kappa shape index (κ3) is 1.95. The van der Waals surface area contributed by atoms with Crippen LogP contribution in [0.3, 0.4) is 0 Å². The summed E-state index contributed by atoms with van der Waals surface area (Å²) >= 11 is 0. The molecule has 4 heteroatoms. The van der Waals surface area contributed by atoms with E-state index in [1.807, 2.05) is 42.7 Å². The zero-order chi connectivity index (χ0) is 14.4. The summed E-state index contributed by atoms with van der Waals surface area (Å²) in [7, 11) is 0. The lowest BCUT2D eigenvalue weighted by Gasteiger charge is -2.19. The van der Waals surface area contributed by atoms with E-state index in [4.69, 9.17) is 4.98 Å². The quantitative estimate of drug-likeness (QED) is 0.686. The number of benzene rings is 1. The van der Waals surface area contributed by atoms with Crippen LogP contribution in [0.4, 0.5) is 0 Å². The molecule has 0 amide bonds. The lowest BCUT2D eigenvalue weighted by Crippen LogP contribution is -2.20. The van der Waals surface area contributed by atoms with Gasteiger partial charge in [0.15, 0.2) is 11.4 Å². The summed E-state index contributed by atoms with van der Waals surface area (Å²) in [5, 5.41) is 4.36. The summed E-state index contributed by atoms with van der Waals surface area (Å²) in [5.74, 6) is 0.540. The molecule has 2 heterocycles. The fourth-order valence-electron chi connectivity index (χ4n) is 2.99. The molecule has 104 valence electrons. The van der Waals surface area contributed by atoms with Gasteiger partial charge in [-0.2, -0.15) is 5.10 Å². The normalized spacial score (nSPS) is 18.0. The largest absolute Gasteiger partial charge is 0.294 e. The van der Waals surface area contributed by atoms with Crippen molar-refractivity contribution in [2.45, 2.75) is 19.8 Å². The first-order valence-corrected chi connectivity index (χ1v) is 7.18. The molecule has 1 aliphatic rings. The van der Waals surface area contributed by atoms with E-state index in [0.29, 0.717) is 12.3 Å². The summed E-state index contributed by atoms with van der Waals surface area (Å²) < 4.78 is 1.72. The minimum atomic E-state index is 0.176. The van der Waals surface area contributed by atoms with Crippen LogP contribution in [0.15, 0.2) is 42.7 Å². The summed E-state index contributed by atoms with van der Waals surface area (Å²) in [6.45, 7) is 2.10. The van der Waals surface area contributed by atoms with E-state index in [-0.39, 0.29) is 5.78 Å². The van der Waals surface area contributed by atoms with Crippen molar-refractivity contribution in [3.05, 3.63) is 54.0 Å². The number of hydrogen-bond acceptors (Lipinski definition) is 3. The highest BCUT2D eigenvalue weighted by molar-refractivity contribution is 5.98. The SMILES string of the molecule is CC1CC(=O)c2cn3ncc(-c4ccccc4)c3nc2C1. The minimum absolute atomic E-state index is 0.176. The molecule has 0 aliphatic heterocycles. The van der Waals surface area contributed by atoms with Crippen LogP contribution in [0.25, 0.3) is 16.8 Å². The van der Waals surface area contributed by atoms with Crippen LogP contribution in [0, 0.1) is 5.92 Å². The fraction of sp³-hybridized carbons (Fsp3) is 0.235. The average Bonchev–Trinajstić information content (AvgIpc) is 2.89. The van der Waals surface area contributed by atoms with Crippen molar-refractivity contribution in [1.82, 2.24) is 14.6 Å². The van der Waals surface area contributed by atoms with Gasteiger partial charge < -0.3 is 0 Å². The fourth-order valence-corrected chi connectivity index (χ4v) is 2.99. The minimum Gasteiger partial charge on any atom is -0.294 e. The van der Waals surface area contributed by atoms with E-state index >= 15 is 0 Å². The molecule has 4 rings (SSSR count). The molecule has 0 saturated heterocycles. The van der Waals surface area contributed by atoms with Crippen LogP contribution in [-0.4, -0.2) is 20.4 Å². The zero-order valence-electron chi connectivity index (χ0n) is 11.8. The van der Waals surface area contributed by atoms with Gasteiger partial charge in [0.1, 0.15) is 0 Å². The first-order chi connectivity index (χ1) is 10.2. The Morgan fingerprint density at radius 2 is 1.95 bits per heavy atom. The number of nitrogens with zero attached hydrogens (tertiary/aromatic N) is 3. The Morgan fingerprint density at radius 1 is 1.14 bits per heavy atom. The lowest BCUT2D eigenvalue weighted by atomic mass is 9.88. The molecule has 1 aromatic carbocycles. The van der Waals surface area contributed by atoms with Gasteiger partial charge in [-0.05, 0) is 17.9 Å². The molecule has 0 saturated carbocycles. The Bertz CT molecular complexity index is 836. The maximum Gasteiger partial charge on any atom is 0.166 e. The maximum absolute atomic E-state index is 12.1. The van der Waals surface area contributed by atoms with Crippen LogP contribution >= 0.6 is 0 Å². The van der Waals surface area contributed by atoms with Crippen LogP contribution in [-0.2, 0) is 6.42 Å². The number of Topliss-reactive ketones (excluding diaryl/α,β-unsaturated/α-hetero) is 1. The molecule has 1 unspecified atom stereocenters. The van der Waals surface area contributed by atoms with E-state index in [2.05, 4.69) is 12.0 Å². The first kappa shape index (κ1) is 12.3. The van der Waals surface area contributed by atoms with Crippen molar-refractivity contribution in [3.8, 4) is 11.1 Å². The number of carbonyl (C=O) groups excluding carboxylic acids is 1.